The third-order valence-corrected chi connectivity index (χ3v) is 11.1. The van der Waals surface area contributed by atoms with Crippen LogP contribution >= 0.6 is 0 Å². The predicted octanol–water partition coefficient (Wildman–Crippen LogP) is 7.22. The minimum Gasteiger partial charge on any atom is -0.383 e. The fraction of sp³-hybridized carbons (Fsp3) is 0.514. The molecule has 5 atom stereocenters. The summed E-state index contributed by atoms with van der Waals surface area (Å²) in [6.07, 6.45) is 0.986. The van der Waals surface area contributed by atoms with E-state index in [1.54, 1.807) is 54.7 Å². The van der Waals surface area contributed by atoms with Crippen molar-refractivity contribution < 1.29 is 36.6 Å². The van der Waals surface area contributed by atoms with Crippen molar-refractivity contribution in [1.82, 2.24) is 9.88 Å². The van der Waals surface area contributed by atoms with Gasteiger partial charge in [0.05, 0.1) is 0 Å². The summed E-state index contributed by atoms with van der Waals surface area (Å²) in [7, 11) is 1.70. The summed E-state index contributed by atoms with van der Waals surface area (Å²) in [5.74, 6) is -6.88. The summed E-state index contributed by atoms with van der Waals surface area (Å²) < 4.78 is 71.8. The van der Waals surface area contributed by atoms with Crippen molar-refractivity contribution in [2.75, 3.05) is 13.6 Å². The lowest BCUT2D eigenvalue weighted by molar-refractivity contribution is -0.362. The number of rotatable bonds is 6. The van der Waals surface area contributed by atoms with Crippen molar-refractivity contribution in [2.45, 2.75) is 81.9 Å². The Morgan fingerprint density at radius 2 is 1.80 bits per heavy atom. The number of aromatic nitrogens is 1. The molecule has 2 unspecified atom stereocenters. The van der Waals surface area contributed by atoms with E-state index in [0.29, 0.717) is 49.8 Å². The number of nitrogens with zero attached hydrogens (tertiary/aromatic N) is 2. The van der Waals surface area contributed by atoms with E-state index >= 15 is 8.78 Å². The van der Waals surface area contributed by atoms with E-state index in [0.717, 1.165) is 22.3 Å². The van der Waals surface area contributed by atoms with E-state index in [4.69, 9.17) is 0 Å². The maximum Gasteiger partial charge on any atom is 0.456 e. The minimum absolute atomic E-state index is 0.0283. The lowest BCUT2D eigenvalue weighted by Crippen LogP contribution is -2.65. The SMILES string of the molecule is CN(CCc1cccnc1)C(=O)c1ccc([C@H]2C[C@@]3(C)C(CC[C@]3(O)C(F)(F)C(F)(F)F)C3CCC4=CC(=O)CCC4=C32)cc1. The Hall–Kier alpha value is -3.40. The highest BCUT2D eigenvalue weighted by Gasteiger charge is 2.79. The van der Waals surface area contributed by atoms with Crippen molar-refractivity contribution in [2.24, 2.45) is 17.3 Å². The van der Waals surface area contributed by atoms with Crippen LogP contribution in [0.1, 0.15) is 79.3 Å². The number of likely N-dealkylation sites (N-methyl/N-ethyl adjacent to an activating group) is 1. The van der Waals surface area contributed by atoms with Gasteiger partial charge in [-0.1, -0.05) is 30.7 Å². The largest absolute Gasteiger partial charge is 0.456 e. The maximum absolute atomic E-state index is 15.2. The zero-order chi connectivity index (χ0) is 32.4. The number of halogens is 5. The van der Waals surface area contributed by atoms with Crippen LogP contribution in [0.3, 0.4) is 0 Å². The van der Waals surface area contributed by atoms with Gasteiger partial charge >= 0.3 is 12.1 Å². The molecule has 1 N–H and O–H groups in total. The second kappa shape index (κ2) is 11.1. The Bertz CT molecular complexity index is 1550. The number of hydrogen-bond donors (Lipinski definition) is 1. The van der Waals surface area contributed by atoms with Gasteiger partial charge in [0.25, 0.3) is 5.91 Å². The Morgan fingerprint density at radius 1 is 1.07 bits per heavy atom. The molecular weight excluding hydrogens is 591 g/mol. The number of carbonyl (C=O) groups is 2. The number of allylic oxidation sites excluding steroid dienone is 4. The molecule has 0 bridgehead atoms. The van der Waals surface area contributed by atoms with E-state index < -0.39 is 41.4 Å². The van der Waals surface area contributed by atoms with E-state index in [-0.39, 0.29) is 30.4 Å². The van der Waals surface area contributed by atoms with Gasteiger partial charge in [0.2, 0.25) is 0 Å². The summed E-state index contributed by atoms with van der Waals surface area (Å²) in [6, 6.07) is 10.6. The molecule has 6 rings (SSSR count). The van der Waals surface area contributed by atoms with Crippen LogP contribution < -0.4 is 0 Å². The first-order valence-electron chi connectivity index (χ1n) is 15.6. The highest BCUT2D eigenvalue weighted by Crippen LogP contribution is 2.70. The van der Waals surface area contributed by atoms with Crippen molar-refractivity contribution in [3.63, 3.8) is 0 Å². The molecule has 5 nitrogen and oxygen atoms in total. The first-order valence-corrected chi connectivity index (χ1v) is 15.6. The van der Waals surface area contributed by atoms with E-state index in [9.17, 15) is 27.9 Å². The summed E-state index contributed by atoms with van der Waals surface area (Å²) in [4.78, 5) is 31.2. The Morgan fingerprint density at radius 3 is 2.47 bits per heavy atom. The highest BCUT2D eigenvalue weighted by atomic mass is 19.4. The van der Waals surface area contributed by atoms with Gasteiger partial charge in [0, 0.05) is 49.3 Å². The number of pyridine rings is 1. The van der Waals surface area contributed by atoms with Gasteiger partial charge in [-0.2, -0.15) is 22.0 Å². The molecule has 4 aliphatic carbocycles. The van der Waals surface area contributed by atoms with Gasteiger partial charge < -0.3 is 10.0 Å². The van der Waals surface area contributed by atoms with Crippen molar-refractivity contribution >= 4 is 11.7 Å². The van der Waals surface area contributed by atoms with E-state index in [1.165, 1.54) is 6.92 Å². The first-order chi connectivity index (χ1) is 21.2. The van der Waals surface area contributed by atoms with Crippen molar-refractivity contribution in [3.8, 4) is 0 Å². The number of benzene rings is 1. The summed E-state index contributed by atoms with van der Waals surface area (Å²) >= 11 is 0. The molecule has 1 heterocycles. The van der Waals surface area contributed by atoms with Crippen LogP contribution in [-0.2, 0) is 11.2 Å². The monoisotopic (exact) mass is 628 g/mol. The average Bonchev–Trinajstić information content (AvgIpc) is 3.30. The zero-order valence-corrected chi connectivity index (χ0v) is 25.3. The van der Waals surface area contributed by atoms with Crippen molar-refractivity contribution in [1.29, 1.82) is 0 Å². The number of ketones is 1. The molecule has 0 spiro atoms. The molecule has 2 saturated carbocycles. The number of alkyl halides is 5. The fourth-order valence-electron chi connectivity index (χ4n) is 8.74. The normalized spacial score (nSPS) is 29.9. The summed E-state index contributed by atoms with van der Waals surface area (Å²) in [5, 5.41) is 11.4. The Balaban J connectivity index is 1.36. The van der Waals surface area contributed by atoms with Gasteiger partial charge in [-0.05, 0) is 103 Å². The topological polar surface area (TPSA) is 70.5 Å². The molecule has 240 valence electrons. The lowest BCUT2D eigenvalue weighted by atomic mass is 9.50. The van der Waals surface area contributed by atoms with Crippen LogP contribution in [0.4, 0.5) is 22.0 Å². The van der Waals surface area contributed by atoms with Crippen LogP contribution in [0, 0.1) is 17.3 Å². The molecule has 0 aliphatic heterocycles. The third kappa shape index (κ3) is 5.04. The Kier molecular flexibility index (Phi) is 7.82. The zero-order valence-electron chi connectivity index (χ0n) is 25.3. The number of fused-ring (bicyclic) bond motifs is 4. The van der Waals surface area contributed by atoms with Crippen molar-refractivity contribution in [3.05, 3.63) is 88.3 Å². The fourth-order valence-corrected chi connectivity index (χ4v) is 8.74. The molecule has 1 aromatic heterocycles. The first kappa shape index (κ1) is 31.6. The standard InChI is InChI=1S/C35H37F5N2O3/c1-32-19-28(22-5-7-23(8-6-22)31(44)42(2)17-14-21-4-3-16-41-20-21)30-26-12-10-25(43)18-24(26)9-11-27(30)29(32)13-15-33(32,45)34(36,37)35(38,39)40/h3-8,16,18,20,27-29,45H,9-15,17,19H2,1-2H3/t27?,28-,29?,32+,33-/m1/s1. The van der Waals surface area contributed by atoms with Gasteiger partial charge in [0.1, 0.15) is 5.60 Å². The molecule has 4 aliphatic rings. The molecule has 1 amide bonds. The second-order valence-electron chi connectivity index (χ2n) is 13.4. The number of hydrogen-bond acceptors (Lipinski definition) is 4. The molecule has 2 aromatic rings. The molecule has 0 saturated heterocycles. The summed E-state index contributed by atoms with van der Waals surface area (Å²) in [6.45, 7) is 1.87. The number of aliphatic hydroxyl groups is 1. The quantitative estimate of drug-likeness (QED) is 0.343. The van der Waals surface area contributed by atoms with Crippen LogP contribution in [0.5, 0.6) is 0 Å². The van der Waals surface area contributed by atoms with Gasteiger partial charge in [-0.15, -0.1) is 0 Å². The van der Waals surface area contributed by atoms with Gasteiger partial charge in [0.15, 0.2) is 5.78 Å². The molecule has 45 heavy (non-hydrogen) atoms. The molecule has 2 fully saturated rings. The summed E-state index contributed by atoms with van der Waals surface area (Å²) in [5.41, 5.74) is 0.0486. The predicted molar refractivity (Wildman–Crippen MR) is 158 cm³/mol. The van der Waals surface area contributed by atoms with E-state index in [1.807, 2.05) is 12.1 Å². The lowest BCUT2D eigenvalue weighted by Gasteiger charge is -2.56. The van der Waals surface area contributed by atoms with Crippen LogP contribution in [0.2, 0.25) is 0 Å². The van der Waals surface area contributed by atoms with Crippen LogP contribution in [-0.4, -0.2) is 58.0 Å². The second-order valence-corrected chi connectivity index (χ2v) is 13.4. The molecule has 10 heteroatoms. The van der Waals surface area contributed by atoms with Crippen LogP contribution in [0.15, 0.2) is 71.6 Å². The Labute approximate surface area is 259 Å². The number of amides is 1. The smallest absolute Gasteiger partial charge is 0.383 e. The minimum atomic E-state index is -5.90. The van der Waals surface area contributed by atoms with Gasteiger partial charge in [-0.3, -0.25) is 14.6 Å². The molecular formula is C35H37F5N2O3. The van der Waals surface area contributed by atoms with E-state index in [2.05, 4.69) is 4.98 Å². The average molecular weight is 629 g/mol. The maximum atomic E-state index is 15.2. The third-order valence-electron chi connectivity index (χ3n) is 11.1. The molecule has 1 aromatic carbocycles. The number of carbonyl (C=O) groups excluding carboxylic acids is 2. The van der Waals surface area contributed by atoms with Gasteiger partial charge in [-0.25, -0.2) is 0 Å². The molecule has 0 radical (unpaired) electrons. The van der Waals surface area contributed by atoms with Crippen LogP contribution in [0.25, 0.3) is 0 Å². The highest BCUT2D eigenvalue weighted by molar-refractivity contribution is 5.94.